The first-order valence-electron chi connectivity index (χ1n) is 7.82. The fourth-order valence-electron chi connectivity index (χ4n) is 2.42. The number of hydrazone groups is 1. The molecule has 0 saturated heterocycles. The zero-order chi connectivity index (χ0) is 17.6. The van der Waals surface area contributed by atoms with Crippen molar-refractivity contribution in [3.05, 3.63) is 76.8 Å². The summed E-state index contributed by atoms with van der Waals surface area (Å²) in [6.07, 6.45) is 1.63. The molecular formula is C20H17ClN2O2. The van der Waals surface area contributed by atoms with Crippen molar-refractivity contribution < 1.29 is 9.53 Å². The molecule has 0 unspecified atom stereocenters. The van der Waals surface area contributed by atoms with Gasteiger partial charge in [0.25, 0.3) is 5.91 Å². The zero-order valence-electron chi connectivity index (χ0n) is 13.7. The highest BCUT2D eigenvalue weighted by Gasteiger charge is 2.03. The van der Waals surface area contributed by atoms with Crippen molar-refractivity contribution in [2.75, 3.05) is 6.61 Å². The summed E-state index contributed by atoms with van der Waals surface area (Å²) in [6, 6.07) is 19.2. The van der Waals surface area contributed by atoms with Gasteiger partial charge in [0.05, 0.1) is 6.21 Å². The van der Waals surface area contributed by atoms with E-state index in [2.05, 4.69) is 10.5 Å². The normalized spacial score (nSPS) is 11.0. The summed E-state index contributed by atoms with van der Waals surface area (Å²) in [5.74, 6) is 0.263. The van der Waals surface area contributed by atoms with Crippen molar-refractivity contribution in [3.63, 3.8) is 0 Å². The summed E-state index contributed by atoms with van der Waals surface area (Å²) in [6.45, 7) is 1.76. The second-order valence-corrected chi connectivity index (χ2v) is 5.97. The van der Waals surface area contributed by atoms with E-state index in [0.717, 1.165) is 21.9 Å². The lowest BCUT2D eigenvalue weighted by atomic mass is 10.1. The number of nitrogens with one attached hydrogen (secondary N) is 1. The fraction of sp³-hybridized carbons (Fsp3) is 0.100. The smallest absolute Gasteiger partial charge is 0.277 e. The van der Waals surface area contributed by atoms with Gasteiger partial charge in [0.2, 0.25) is 0 Å². The van der Waals surface area contributed by atoms with Crippen LogP contribution in [0.5, 0.6) is 5.75 Å². The minimum Gasteiger partial charge on any atom is -0.484 e. The molecule has 0 aliphatic heterocycles. The highest BCUT2D eigenvalue weighted by molar-refractivity contribution is 6.31. The van der Waals surface area contributed by atoms with E-state index < -0.39 is 0 Å². The molecule has 0 bridgehead atoms. The first-order chi connectivity index (χ1) is 12.1. The molecule has 25 heavy (non-hydrogen) atoms. The number of aryl methyl sites for hydroxylation is 1. The zero-order valence-corrected chi connectivity index (χ0v) is 14.5. The number of halogens is 1. The number of benzene rings is 3. The van der Waals surface area contributed by atoms with Crippen LogP contribution in [0.2, 0.25) is 5.02 Å². The lowest BCUT2D eigenvalue weighted by Crippen LogP contribution is -2.24. The highest BCUT2D eigenvalue weighted by Crippen LogP contribution is 2.21. The molecule has 126 valence electrons. The van der Waals surface area contributed by atoms with Crippen LogP contribution in [0.25, 0.3) is 10.8 Å². The Hall–Kier alpha value is -2.85. The van der Waals surface area contributed by atoms with E-state index in [1.54, 1.807) is 24.4 Å². The Morgan fingerprint density at radius 1 is 1.16 bits per heavy atom. The molecule has 0 fully saturated rings. The largest absolute Gasteiger partial charge is 0.484 e. The number of hydrogen-bond acceptors (Lipinski definition) is 3. The van der Waals surface area contributed by atoms with Crippen molar-refractivity contribution in [1.29, 1.82) is 0 Å². The molecule has 3 aromatic carbocycles. The van der Waals surface area contributed by atoms with E-state index in [-0.39, 0.29) is 12.5 Å². The minimum absolute atomic E-state index is 0.117. The summed E-state index contributed by atoms with van der Waals surface area (Å²) < 4.78 is 5.43. The van der Waals surface area contributed by atoms with Crippen LogP contribution in [-0.4, -0.2) is 18.7 Å². The van der Waals surface area contributed by atoms with Crippen molar-refractivity contribution in [3.8, 4) is 5.75 Å². The van der Waals surface area contributed by atoms with E-state index in [0.29, 0.717) is 10.8 Å². The monoisotopic (exact) mass is 352 g/mol. The van der Waals surface area contributed by atoms with Gasteiger partial charge < -0.3 is 4.74 Å². The Morgan fingerprint density at radius 2 is 1.96 bits per heavy atom. The van der Waals surface area contributed by atoms with Gasteiger partial charge in [-0.05, 0) is 41.5 Å². The molecule has 1 amide bonds. The second-order valence-electron chi connectivity index (χ2n) is 5.56. The molecule has 0 atom stereocenters. The summed E-state index contributed by atoms with van der Waals surface area (Å²) in [7, 11) is 0. The lowest BCUT2D eigenvalue weighted by molar-refractivity contribution is -0.123. The number of hydrogen-bond donors (Lipinski definition) is 1. The maximum Gasteiger partial charge on any atom is 0.277 e. The molecule has 0 spiro atoms. The molecule has 1 N–H and O–H groups in total. The first-order valence-corrected chi connectivity index (χ1v) is 8.20. The average molecular weight is 353 g/mol. The summed E-state index contributed by atoms with van der Waals surface area (Å²) >= 11 is 5.96. The maximum atomic E-state index is 11.8. The number of rotatable bonds is 5. The van der Waals surface area contributed by atoms with Gasteiger partial charge in [0.1, 0.15) is 5.75 Å². The standard InChI is InChI=1S/C20H17ClN2O2/c1-14-11-17(9-10-19(14)21)25-13-20(24)23-22-12-16-7-4-6-15-5-2-3-8-18(15)16/h2-12H,13H2,1H3,(H,23,24). The molecule has 0 saturated carbocycles. The second kappa shape index (κ2) is 7.81. The third kappa shape index (κ3) is 4.37. The minimum atomic E-state index is -0.330. The molecule has 0 aliphatic rings. The number of carbonyl (C=O) groups is 1. The molecule has 0 aliphatic carbocycles. The average Bonchev–Trinajstić information content (AvgIpc) is 2.63. The first kappa shape index (κ1) is 17.0. The molecule has 0 heterocycles. The van der Waals surface area contributed by atoms with Gasteiger partial charge in [-0.1, -0.05) is 54.1 Å². The number of carbonyl (C=O) groups excluding carboxylic acids is 1. The molecule has 4 nitrogen and oxygen atoms in total. The van der Waals surface area contributed by atoms with Crippen LogP contribution in [0, 0.1) is 6.92 Å². The highest BCUT2D eigenvalue weighted by atomic mass is 35.5. The predicted molar refractivity (Wildman–Crippen MR) is 101 cm³/mol. The van der Waals surface area contributed by atoms with Gasteiger partial charge >= 0.3 is 0 Å². The molecule has 3 rings (SSSR count). The molecule has 0 aromatic heterocycles. The maximum absolute atomic E-state index is 11.8. The lowest BCUT2D eigenvalue weighted by Gasteiger charge is -2.06. The van der Waals surface area contributed by atoms with Crippen LogP contribution in [0.1, 0.15) is 11.1 Å². The van der Waals surface area contributed by atoms with Gasteiger partial charge in [-0.15, -0.1) is 0 Å². The van der Waals surface area contributed by atoms with Gasteiger partial charge in [0, 0.05) is 10.6 Å². The van der Waals surface area contributed by atoms with Crippen molar-refractivity contribution in [2.45, 2.75) is 6.92 Å². The van der Waals surface area contributed by atoms with Crippen LogP contribution >= 0.6 is 11.6 Å². The third-order valence-corrected chi connectivity index (χ3v) is 4.14. The Kier molecular flexibility index (Phi) is 5.31. The fourth-order valence-corrected chi connectivity index (χ4v) is 2.54. The van der Waals surface area contributed by atoms with Gasteiger partial charge in [0.15, 0.2) is 6.61 Å². The van der Waals surface area contributed by atoms with Crippen LogP contribution in [-0.2, 0) is 4.79 Å². The SMILES string of the molecule is Cc1cc(OCC(=O)NN=Cc2cccc3ccccc23)ccc1Cl. The molecule has 0 radical (unpaired) electrons. The summed E-state index contributed by atoms with van der Waals surface area (Å²) in [5, 5.41) is 6.88. The van der Waals surface area contributed by atoms with Crippen LogP contribution in [0.15, 0.2) is 65.8 Å². The van der Waals surface area contributed by atoms with Crippen LogP contribution in [0.3, 0.4) is 0 Å². The van der Waals surface area contributed by atoms with E-state index >= 15 is 0 Å². The Labute approximate surface area is 151 Å². The van der Waals surface area contributed by atoms with E-state index in [9.17, 15) is 4.79 Å². The van der Waals surface area contributed by atoms with Crippen LogP contribution in [0.4, 0.5) is 0 Å². The summed E-state index contributed by atoms with van der Waals surface area (Å²) in [4.78, 5) is 11.8. The number of ether oxygens (including phenoxy) is 1. The number of nitrogens with zero attached hydrogens (tertiary/aromatic N) is 1. The van der Waals surface area contributed by atoms with Crippen molar-refractivity contribution in [1.82, 2.24) is 5.43 Å². The van der Waals surface area contributed by atoms with E-state index in [4.69, 9.17) is 16.3 Å². The van der Waals surface area contributed by atoms with Crippen molar-refractivity contribution >= 4 is 34.5 Å². The van der Waals surface area contributed by atoms with Gasteiger partial charge in [-0.2, -0.15) is 5.10 Å². The molecular weight excluding hydrogens is 336 g/mol. The van der Waals surface area contributed by atoms with E-state index in [1.165, 1.54) is 0 Å². The van der Waals surface area contributed by atoms with Crippen molar-refractivity contribution in [2.24, 2.45) is 5.10 Å². The number of amides is 1. The summed E-state index contributed by atoms with van der Waals surface area (Å²) in [5.41, 5.74) is 4.31. The quantitative estimate of drug-likeness (QED) is 0.549. The van der Waals surface area contributed by atoms with E-state index in [1.807, 2.05) is 49.4 Å². The topological polar surface area (TPSA) is 50.7 Å². The predicted octanol–water partition coefficient (Wildman–Crippen LogP) is 4.33. The molecule has 3 aromatic rings. The third-order valence-electron chi connectivity index (χ3n) is 3.72. The Balaban J connectivity index is 1.58. The van der Waals surface area contributed by atoms with Gasteiger partial charge in [-0.25, -0.2) is 5.43 Å². The van der Waals surface area contributed by atoms with Gasteiger partial charge in [-0.3, -0.25) is 4.79 Å². The number of fused-ring (bicyclic) bond motifs is 1. The Morgan fingerprint density at radius 3 is 2.80 bits per heavy atom. The van der Waals surface area contributed by atoms with Crippen LogP contribution < -0.4 is 10.2 Å². The molecule has 5 heteroatoms. The Bertz CT molecular complexity index is 933.